The smallest absolute Gasteiger partial charge is 0.242 e. The van der Waals surface area contributed by atoms with E-state index in [0.717, 1.165) is 24.9 Å². The monoisotopic (exact) mass is 490 g/mol. The Morgan fingerprint density at radius 2 is 2.00 bits per heavy atom. The van der Waals surface area contributed by atoms with Gasteiger partial charge in [0.15, 0.2) is 5.96 Å². The first-order chi connectivity index (χ1) is 12.5. The van der Waals surface area contributed by atoms with E-state index in [1.807, 2.05) is 13.8 Å². The maximum absolute atomic E-state index is 13.2. The lowest BCUT2D eigenvalue weighted by Crippen LogP contribution is -2.51. The average molecular weight is 490 g/mol. The Hall–Kier alpha value is -1.42. The first kappa shape index (κ1) is 21.9. The molecular formula is C19H28FIN4O2. The molecule has 1 aliphatic carbocycles. The fourth-order valence-electron chi connectivity index (χ4n) is 3.06. The third-order valence-corrected chi connectivity index (χ3v) is 4.45. The van der Waals surface area contributed by atoms with Crippen LogP contribution in [0.1, 0.15) is 38.4 Å². The second kappa shape index (κ2) is 10.2. The quantitative estimate of drug-likeness (QED) is 0.378. The van der Waals surface area contributed by atoms with Crippen LogP contribution in [0.3, 0.4) is 0 Å². The minimum atomic E-state index is -0.258. The fraction of sp³-hybridized carbons (Fsp3) is 0.579. The number of hydrogen-bond donors (Lipinski definition) is 2. The van der Waals surface area contributed by atoms with Crippen molar-refractivity contribution in [1.82, 2.24) is 15.5 Å². The van der Waals surface area contributed by atoms with Gasteiger partial charge in [0.2, 0.25) is 5.91 Å². The molecule has 1 saturated carbocycles. The molecule has 0 spiro atoms. The predicted molar refractivity (Wildman–Crippen MR) is 114 cm³/mol. The topological polar surface area (TPSA) is 66.0 Å². The highest BCUT2D eigenvalue weighted by atomic mass is 127. The van der Waals surface area contributed by atoms with E-state index in [0.29, 0.717) is 25.1 Å². The Labute approximate surface area is 177 Å². The number of carbonyl (C=O) groups is 1. The third-order valence-electron chi connectivity index (χ3n) is 4.45. The largest absolute Gasteiger partial charge is 0.367 e. The molecule has 0 aromatic heterocycles. The molecule has 1 amide bonds. The molecule has 0 bridgehead atoms. The molecule has 2 atom stereocenters. The third kappa shape index (κ3) is 6.60. The van der Waals surface area contributed by atoms with Gasteiger partial charge in [0.05, 0.1) is 12.6 Å². The van der Waals surface area contributed by atoms with Crippen LogP contribution in [0.2, 0.25) is 0 Å². The van der Waals surface area contributed by atoms with Gasteiger partial charge in [0, 0.05) is 19.1 Å². The Morgan fingerprint density at radius 3 is 2.63 bits per heavy atom. The number of carbonyl (C=O) groups excluding carboxylic acids is 1. The van der Waals surface area contributed by atoms with E-state index in [2.05, 4.69) is 20.5 Å². The fourth-order valence-corrected chi connectivity index (χ4v) is 3.06. The van der Waals surface area contributed by atoms with Crippen LogP contribution in [0, 0.1) is 5.82 Å². The molecule has 0 radical (unpaired) electrons. The Balaban J connectivity index is 0.00000261. The summed E-state index contributed by atoms with van der Waals surface area (Å²) in [7, 11) is 0. The normalized spacial score (nSPS) is 22.8. The number of nitrogens with zero attached hydrogens (tertiary/aromatic N) is 2. The van der Waals surface area contributed by atoms with Crippen LogP contribution in [-0.4, -0.2) is 55.1 Å². The number of rotatable bonds is 5. The van der Waals surface area contributed by atoms with Crippen molar-refractivity contribution in [2.45, 2.75) is 44.9 Å². The van der Waals surface area contributed by atoms with E-state index in [1.165, 1.54) is 12.1 Å². The molecule has 150 valence electrons. The Morgan fingerprint density at radius 1 is 1.30 bits per heavy atom. The van der Waals surface area contributed by atoms with Crippen LogP contribution >= 0.6 is 24.0 Å². The van der Waals surface area contributed by atoms with Gasteiger partial charge in [-0.1, -0.05) is 12.1 Å². The molecule has 8 heteroatoms. The number of nitrogens with one attached hydrogen (secondary N) is 2. The maximum Gasteiger partial charge on any atom is 0.242 e. The van der Waals surface area contributed by atoms with Crippen molar-refractivity contribution in [2.75, 3.05) is 26.2 Å². The first-order valence-corrected chi connectivity index (χ1v) is 9.28. The summed E-state index contributed by atoms with van der Waals surface area (Å²) in [5, 5.41) is 6.21. The SMILES string of the molecule is CCNC(=NCC(=O)NC1CC1)N1CC(C)OC(c2ccc(F)cc2)C1.I. The van der Waals surface area contributed by atoms with Crippen molar-refractivity contribution in [3.63, 3.8) is 0 Å². The summed E-state index contributed by atoms with van der Waals surface area (Å²) in [5.74, 6) is 0.408. The van der Waals surface area contributed by atoms with Crippen molar-refractivity contribution in [3.8, 4) is 0 Å². The lowest BCUT2D eigenvalue weighted by molar-refractivity contribution is -0.119. The highest BCUT2D eigenvalue weighted by Gasteiger charge is 2.29. The summed E-state index contributed by atoms with van der Waals surface area (Å²) in [4.78, 5) is 18.5. The van der Waals surface area contributed by atoms with Gasteiger partial charge >= 0.3 is 0 Å². The summed E-state index contributed by atoms with van der Waals surface area (Å²) in [6.45, 7) is 6.13. The molecule has 3 rings (SSSR count). The van der Waals surface area contributed by atoms with Gasteiger partial charge in [0.1, 0.15) is 18.5 Å². The summed E-state index contributed by atoms with van der Waals surface area (Å²) in [6, 6.07) is 6.74. The highest BCUT2D eigenvalue weighted by Crippen LogP contribution is 2.25. The predicted octanol–water partition coefficient (Wildman–Crippen LogP) is 2.45. The molecule has 2 aliphatic rings. The first-order valence-electron chi connectivity index (χ1n) is 9.28. The van der Waals surface area contributed by atoms with Crippen molar-refractivity contribution in [1.29, 1.82) is 0 Å². The molecule has 27 heavy (non-hydrogen) atoms. The van der Waals surface area contributed by atoms with Crippen LogP contribution in [0.15, 0.2) is 29.3 Å². The molecular weight excluding hydrogens is 462 g/mol. The standard InChI is InChI=1S/C19H27FN4O2.HI/c1-3-21-19(22-10-18(25)23-16-8-9-16)24-11-13(2)26-17(12-24)14-4-6-15(20)7-5-14;/h4-7,13,16-17H,3,8-12H2,1-2H3,(H,21,22)(H,23,25);1H. The van der Waals surface area contributed by atoms with Gasteiger partial charge in [-0.25, -0.2) is 9.38 Å². The van der Waals surface area contributed by atoms with E-state index >= 15 is 0 Å². The lowest BCUT2D eigenvalue weighted by atomic mass is 10.1. The zero-order valence-corrected chi connectivity index (χ0v) is 18.1. The van der Waals surface area contributed by atoms with Gasteiger partial charge in [-0.05, 0) is 44.4 Å². The van der Waals surface area contributed by atoms with Crippen molar-refractivity contribution < 1.29 is 13.9 Å². The van der Waals surface area contributed by atoms with E-state index in [1.54, 1.807) is 12.1 Å². The molecule has 1 saturated heterocycles. The Kier molecular flexibility index (Phi) is 8.28. The molecule has 2 N–H and O–H groups in total. The molecule has 6 nitrogen and oxygen atoms in total. The number of aliphatic imine (C=N–C) groups is 1. The van der Waals surface area contributed by atoms with Gasteiger partial charge in [-0.3, -0.25) is 4.79 Å². The molecule has 1 aromatic carbocycles. The zero-order chi connectivity index (χ0) is 18.5. The van der Waals surface area contributed by atoms with Crippen molar-refractivity contribution in [3.05, 3.63) is 35.6 Å². The zero-order valence-electron chi connectivity index (χ0n) is 15.8. The summed E-state index contributed by atoms with van der Waals surface area (Å²) >= 11 is 0. The molecule has 2 fully saturated rings. The van der Waals surface area contributed by atoms with Gasteiger partial charge in [-0.2, -0.15) is 0 Å². The molecule has 1 aliphatic heterocycles. The highest BCUT2D eigenvalue weighted by molar-refractivity contribution is 14.0. The summed E-state index contributed by atoms with van der Waals surface area (Å²) in [5.41, 5.74) is 0.935. The van der Waals surface area contributed by atoms with Gasteiger partial charge in [0.25, 0.3) is 0 Å². The molecule has 2 unspecified atom stereocenters. The number of hydrogen-bond acceptors (Lipinski definition) is 3. The number of amides is 1. The minimum Gasteiger partial charge on any atom is -0.367 e. The van der Waals surface area contributed by atoms with E-state index in [4.69, 9.17) is 4.74 Å². The van der Waals surface area contributed by atoms with E-state index in [-0.39, 0.29) is 54.5 Å². The Bertz CT molecular complexity index is 652. The summed E-state index contributed by atoms with van der Waals surface area (Å²) < 4.78 is 19.2. The number of halogens is 2. The minimum absolute atomic E-state index is 0. The van der Waals surface area contributed by atoms with E-state index < -0.39 is 0 Å². The van der Waals surface area contributed by atoms with Crippen LogP contribution in [0.25, 0.3) is 0 Å². The lowest BCUT2D eigenvalue weighted by Gasteiger charge is -2.38. The second-order valence-electron chi connectivity index (χ2n) is 6.90. The average Bonchev–Trinajstić information content (AvgIpc) is 3.42. The van der Waals surface area contributed by atoms with Crippen LogP contribution in [-0.2, 0) is 9.53 Å². The second-order valence-corrected chi connectivity index (χ2v) is 6.90. The maximum atomic E-state index is 13.2. The van der Waals surface area contributed by atoms with Gasteiger partial charge in [-0.15, -0.1) is 24.0 Å². The van der Waals surface area contributed by atoms with Crippen molar-refractivity contribution >= 4 is 35.8 Å². The van der Waals surface area contributed by atoms with E-state index in [9.17, 15) is 9.18 Å². The molecule has 1 heterocycles. The van der Waals surface area contributed by atoms with Gasteiger partial charge < -0.3 is 20.3 Å². The number of morpholine rings is 1. The molecule has 1 aromatic rings. The number of guanidine groups is 1. The van der Waals surface area contributed by atoms with Crippen LogP contribution in [0.5, 0.6) is 0 Å². The number of ether oxygens (including phenoxy) is 1. The van der Waals surface area contributed by atoms with Crippen LogP contribution < -0.4 is 10.6 Å². The number of benzene rings is 1. The summed E-state index contributed by atoms with van der Waals surface area (Å²) in [6.07, 6.45) is 1.97. The van der Waals surface area contributed by atoms with Crippen molar-refractivity contribution in [2.24, 2.45) is 4.99 Å². The van der Waals surface area contributed by atoms with Crippen LogP contribution in [0.4, 0.5) is 4.39 Å².